The third kappa shape index (κ3) is 3.94. The van der Waals surface area contributed by atoms with Crippen LogP contribution in [-0.4, -0.2) is 49.0 Å². The van der Waals surface area contributed by atoms with Gasteiger partial charge in [0.1, 0.15) is 4.90 Å². The van der Waals surface area contributed by atoms with E-state index in [2.05, 4.69) is 11.1 Å². The van der Waals surface area contributed by atoms with Crippen LogP contribution in [0.3, 0.4) is 0 Å². The van der Waals surface area contributed by atoms with Gasteiger partial charge in [-0.15, -0.1) is 0 Å². The molecule has 4 rings (SSSR count). The predicted octanol–water partition coefficient (Wildman–Crippen LogP) is 2.94. The number of pyridine rings is 1. The zero-order valence-corrected chi connectivity index (χ0v) is 17.2. The van der Waals surface area contributed by atoms with Gasteiger partial charge >= 0.3 is 0 Å². The van der Waals surface area contributed by atoms with Crippen LogP contribution in [0.2, 0.25) is 0 Å². The monoisotopic (exact) mass is 417 g/mol. The van der Waals surface area contributed by atoms with E-state index in [0.29, 0.717) is 24.7 Å². The highest BCUT2D eigenvalue weighted by Crippen LogP contribution is 2.29. The number of thioether (sulfide) groups is 1. The van der Waals surface area contributed by atoms with Crippen LogP contribution < -0.4 is 4.90 Å². The summed E-state index contributed by atoms with van der Waals surface area (Å²) < 4.78 is 26.9. The van der Waals surface area contributed by atoms with E-state index in [0.717, 1.165) is 31.4 Å². The van der Waals surface area contributed by atoms with Gasteiger partial charge in [0, 0.05) is 31.5 Å². The van der Waals surface area contributed by atoms with Gasteiger partial charge in [0.2, 0.25) is 15.9 Å². The number of sulfonamides is 1. The Kier molecular flexibility index (Phi) is 5.70. The van der Waals surface area contributed by atoms with Crippen LogP contribution in [0, 0.1) is 0 Å². The molecule has 2 aliphatic rings. The highest BCUT2D eigenvalue weighted by Gasteiger charge is 2.27. The van der Waals surface area contributed by atoms with E-state index < -0.39 is 10.0 Å². The fraction of sp³-hybridized carbons (Fsp3) is 0.400. The van der Waals surface area contributed by atoms with Crippen molar-refractivity contribution in [1.29, 1.82) is 0 Å². The minimum atomic E-state index is -3.47. The van der Waals surface area contributed by atoms with Crippen molar-refractivity contribution in [1.82, 2.24) is 9.29 Å². The molecule has 2 aliphatic heterocycles. The van der Waals surface area contributed by atoms with Crippen LogP contribution in [0.15, 0.2) is 52.5 Å². The average molecular weight is 418 g/mol. The Hall–Kier alpha value is -1.90. The summed E-state index contributed by atoms with van der Waals surface area (Å²) in [5.74, 6) is 0.321. The number of para-hydroxylation sites is 1. The molecule has 0 radical (unpaired) electrons. The number of anilines is 1. The Morgan fingerprint density at radius 3 is 2.57 bits per heavy atom. The molecule has 0 bridgehead atoms. The van der Waals surface area contributed by atoms with E-state index in [1.54, 1.807) is 12.1 Å². The van der Waals surface area contributed by atoms with Gasteiger partial charge in [-0.3, -0.25) is 4.79 Å². The molecule has 28 heavy (non-hydrogen) atoms. The van der Waals surface area contributed by atoms with Crippen molar-refractivity contribution in [3.8, 4) is 0 Å². The number of amides is 1. The number of fused-ring (bicyclic) bond motifs is 1. The molecular formula is C20H23N3O3S2. The molecule has 0 atom stereocenters. The molecule has 148 valence electrons. The molecule has 1 fully saturated rings. The van der Waals surface area contributed by atoms with Gasteiger partial charge in [-0.05, 0) is 43.0 Å². The highest BCUT2D eigenvalue weighted by atomic mass is 32.2. The summed E-state index contributed by atoms with van der Waals surface area (Å²) in [6.07, 6.45) is 5.18. The number of nitrogens with zero attached hydrogens (tertiary/aromatic N) is 3. The molecule has 3 heterocycles. The van der Waals surface area contributed by atoms with E-state index in [4.69, 9.17) is 0 Å². The van der Waals surface area contributed by atoms with E-state index in [-0.39, 0.29) is 16.6 Å². The van der Waals surface area contributed by atoms with E-state index in [1.807, 2.05) is 23.1 Å². The first kappa shape index (κ1) is 19.4. The summed E-state index contributed by atoms with van der Waals surface area (Å²) in [6, 6.07) is 11.2. The van der Waals surface area contributed by atoms with Crippen molar-refractivity contribution in [2.24, 2.45) is 0 Å². The van der Waals surface area contributed by atoms with Crippen LogP contribution >= 0.6 is 11.8 Å². The third-order valence-electron chi connectivity index (χ3n) is 5.19. The van der Waals surface area contributed by atoms with Crippen LogP contribution in [0.5, 0.6) is 0 Å². The van der Waals surface area contributed by atoms with Crippen LogP contribution in [0.25, 0.3) is 0 Å². The van der Waals surface area contributed by atoms with Crippen LogP contribution in [0.1, 0.15) is 24.8 Å². The van der Waals surface area contributed by atoms with Gasteiger partial charge in [-0.1, -0.05) is 36.4 Å². The van der Waals surface area contributed by atoms with Crippen molar-refractivity contribution >= 4 is 33.4 Å². The molecule has 6 nitrogen and oxygen atoms in total. The maximum Gasteiger partial charge on any atom is 0.244 e. The zero-order valence-electron chi connectivity index (χ0n) is 15.6. The Labute approximate surface area is 170 Å². The third-order valence-corrected chi connectivity index (χ3v) is 8.00. The molecule has 1 saturated heterocycles. The molecule has 1 aromatic carbocycles. The Balaban J connectivity index is 1.38. The molecule has 0 unspecified atom stereocenters. The number of hydrogen-bond donors (Lipinski definition) is 0. The topological polar surface area (TPSA) is 70.6 Å². The maximum absolute atomic E-state index is 12.7. The van der Waals surface area contributed by atoms with Crippen LogP contribution in [-0.2, 0) is 21.2 Å². The largest absolute Gasteiger partial charge is 0.311 e. The van der Waals surface area contributed by atoms with Gasteiger partial charge < -0.3 is 4.90 Å². The van der Waals surface area contributed by atoms with Crippen molar-refractivity contribution in [2.45, 2.75) is 35.6 Å². The SMILES string of the molecule is O=C(CSc1ccc(S(=O)(=O)N2CCCCC2)cn1)N1CCc2ccccc21. The number of carbonyl (C=O) groups excluding carboxylic acids is 1. The second-order valence-electron chi connectivity index (χ2n) is 7.01. The molecule has 1 aromatic heterocycles. The number of carbonyl (C=O) groups is 1. The summed E-state index contributed by atoms with van der Waals surface area (Å²) >= 11 is 1.33. The Morgan fingerprint density at radius 2 is 1.82 bits per heavy atom. The summed E-state index contributed by atoms with van der Waals surface area (Å²) in [6.45, 7) is 1.86. The summed E-state index contributed by atoms with van der Waals surface area (Å²) in [5, 5.41) is 0.651. The molecule has 2 aromatic rings. The van der Waals surface area contributed by atoms with E-state index in [9.17, 15) is 13.2 Å². The lowest BCUT2D eigenvalue weighted by Gasteiger charge is -2.25. The number of rotatable bonds is 5. The molecule has 0 N–H and O–H groups in total. The van der Waals surface area contributed by atoms with Gasteiger partial charge in [-0.2, -0.15) is 4.31 Å². The van der Waals surface area contributed by atoms with Gasteiger partial charge in [0.15, 0.2) is 0 Å². The first-order valence-electron chi connectivity index (χ1n) is 9.53. The number of piperidine rings is 1. The van der Waals surface area contributed by atoms with E-state index >= 15 is 0 Å². The van der Waals surface area contributed by atoms with Gasteiger partial charge in [0.05, 0.1) is 10.8 Å². The van der Waals surface area contributed by atoms with Crippen molar-refractivity contribution in [2.75, 3.05) is 30.3 Å². The van der Waals surface area contributed by atoms with Gasteiger partial charge in [0.25, 0.3) is 0 Å². The quantitative estimate of drug-likeness (QED) is 0.700. The smallest absolute Gasteiger partial charge is 0.244 e. The van der Waals surface area contributed by atoms with Gasteiger partial charge in [-0.25, -0.2) is 13.4 Å². The second kappa shape index (κ2) is 8.23. The lowest BCUT2D eigenvalue weighted by Crippen LogP contribution is -2.35. The lowest BCUT2D eigenvalue weighted by molar-refractivity contribution is -0.116. The summed E-state index contributed by atoms with van der Waals surface area (Å²) in [4.78, 5) is 18.9. The summed E-state index contributed by atoms with van der Waals surface area (Å²) in [5.41, 5.74) is 2.19. The predicted molar refractivity (Wildman–Crippen MR) is 110 cm³/mol. The number of hydrogen-bond acceptors (Lipinski definition) is 5. The molecule has 1 amide bonds. The second-order valence-corrected chi connectivity index (χ2v) is 9.94. The number of aromatic nitrogens is 1. The fourth-order valence-electron chi connectivity index (χ4n) is 3.67. The van der Waals surface area contributed by atoms with Crippen molar-refractivity contribution in [3.05, 3.63) is 48.2 Å². The fourth-order valence-corrected chi connectivity index (χ4v) is 5.85. The minimum Gasteiger partial charge on any atom is -0.311 e. The van der Waals surface area contributed by atoms with Crippen molar-refractivity contribution in [3.63, 3.8) is 0 Å². The summed E-state index contributed by atoms with van der Waals surface area (Å²) in [7, 11) is -3.47. The Morgan fingerprint density at radius 1 is 1.04 bits per heavy atom. The average Bonchev–Trinajstić information content (AvgIpc) is 3.17. The molecular weight excluding hydrogens is 394 g/mol. The number of benzene rings is 1. The normalized spacial score (nSPS) is 17.5. The van der Waals surface area contributed by atoms with Crippen molar-refractivity contribution < 1.29 is 13.2 Å². The van der Waals surface area contributed by atoms with Crippen LogP contribution in [0.4, 0.5) is 5.69 Å². The standard InChI is InChI=1S/C20H23N3O3S2/c24-20(23-13-10-16-6-2-3-7-18(16)23)15-27-19-9-8-17(14-21-19)28(25,26)22-11-4-1-5-12-22/h2-3,6-9,14H,1,4-5,10-13,15H2. The highest BCUT2D eigenvalue weighted by molar-refractivity contribution is 7.99. The minimum absolute atomic E-state index is 0.0433. The van der Waals surface area contributed by atoms with E-state index in [1.165, 1.54) is 27.8 Å². The molecule has 0 spiro atoms. The molecule has 8 heteroatoms. The molecule has 0 aliphatic carbocycles. The lowest BCUT2D eigenvalue weighted by atomic mass is 10.2. The first-order chi connectivity index (χ1) is 13.6. The Bertz CT molecular complexity index is 955. The first-order valence-corrected chi connectivity index (χ1v) is 12.0. The zero-order chi connectivity index (χ0) is 19.6. The molecule has 0 saturated carbocycles. The maximum atomic E-state index is 12.7.